The van der Waals surface area contributed by atoms with Crippen LogP contribution in [0, 0.1) is 5.41 Å². The van der Waals surface area contributed by atoms with Gasteiger partial charge >= 0.3 is 0 Å². The molecule has 6 heteroatoms. The number of nitrogens with two attached hydrogens (primary N) is 2. The molecule has 0 aliphatic heterocycles. The zero-order valence-electron chi connectivity index (χ0n) is 8.57. The molecule has 0 aliphatic rings. The Bertz CT molecular complexity index is 403. The third-order valence-electron chi connectivity index (χ3n) is 1.94. The maximum atomic E-state index is 7.45. The van der Waals surface area contributed by atoms with Crippen LogP contribution < -0.4 is 20.7 Å². The summed E-state index contributed by atoms with van der Waals surface area (Å²) in [4.78, 5) is 0. The number of rotatable bonds is 3. The molecule has 5 N–H and O–H groups in total. The number of amidine groups is 1. The second-order valence-electron chi connectivity index (χ2n) is 2.77. The Morgan fingerprint density at radius 1 is 1.33 bits per heavy atom. The highest BCUT2D eigenvalue weighted by molar-refractivity contribution is 6.01. The van der Waals surface area contributed by atoms with E-state index in [0.717, 1.165) is 0 Å². The summed E-state index contributed by atoms with van der Waals surface area (Å²) >= 11 is 0. The molecule has 80 valence electrons. The van der Waals surface area contributed by atoms with Crippen molar-refractivity contribution in [2.75, 3.05) is 20.0 Å². The first-order valence-electron chi connectivity index (χ1n) is 4.15. The van der Waals surface area contributed by atoms with Crippen molar-refractivity contribution in [3.05, 3.63) is 17.7 Å². The summed E-state index contributed by atoms with van der Waals surface area (Å²) in [6, 6.07) is 3.13. The summed E-state index contributed by atoms with van der Waals surface area (Å²) in [6.07, 6.45) is 0. The second kappa shape index (κ2) is 4.41. The van der Waals surface area contributed by atoms with Gasteiger partial charge in [0.15, 0.2) is 11.5 Å². The average Bonchev–Trinajstić information content (AvgIpc) is 2.27. The Balaban J connectivity index is 3.31. The van der Waals surface area contributed by atoms with Gasteiger partial charge in [-0.2, -0.15) is 5.53 Å². The number of benzene rings is 1. The van der Waals surface area contributed by atoms with E-state index in [2.05, 4.69) is 5.11 Å². The topological polar surface area (TPSA) is 106 Å². The molecule has 0 atom stereocenters. The van der Waals surface area contributed by atoms with Crippen LogP contribution >= 0.6 is 0 Å². The molecular weight excluding hydrogens is 196 g/mol. The molecule has 0 saturated heterocycles. The third-order valence-corrected chi connectivity index (χ3v) is 1.94. The quantitative estimate of drug-likeness (QED) is 0.278. The summed E-state index contributed by atoms with van der Waals surface area (Å²) in [5, 5.41) is 10.7. The van der Waals surface area contributed by atoms with Crippen LogP contribution in [0.4, 0.5) is 5.69 Å². The van der Waals surface area contributed by atoms with E-state index < -0.39 is 0 Å². The van der Waals surface area contributed by atoms with Crippen molar-refractivity contribution < 1.29 is 15.0 Å². The van der Waals surface area contributed by atoms with Crippen molar-refractivity contribution in [1.82, 2.24) is 0 Å². The van der Waals surface area contributed by atoms with Crippen molar-refractivity contribution in [3.63, 3.8) is 0 Å². The fraction of sp³-hybridized carbons (Fsp3) is 0.222. The molecule has 0 aromatic heterocycles. The van der Waals surface area contributed by atoms with Crippen molar-refractivity contribution in [1.29, 1.82) is 5.41 Å². The van der Waals surface area contributed by atoms with E-state index in [-0.39, 0.29) is 5.84 Å². The van der Waals surface area contributed by atoms with Gasteiger partial charge in [-0.25, -0.2) is 0 Å². The first kappa shape index (κ1) is 11.0. The predicted molar refractivity (Wildman–Crippen MR) is 55.1 cm³/mol. The number of anilines is 1. The van der Waals surface area contributed by atoms with Gasteiger partial charge in [0.1, 0.15) is 0 Å². The molecule has 0 fully saturated rings. The van der Waals surface area contributed by atoms with Gasteiger partial charge in [0.05, 0.1) is 19.8 Å². The van der Waals surface area contributed by atoms with Crippen LogP contribution in [-0.4, -0.2) is 20.1 Å². The van der Waals surface area contributed by atoms with Gasteiger partial charge in [0.25, 0.3) is 0 Å². The maximum Gasteiger partial charge on any atom is 0.220 e. The number of hydrogen-bond donors (Lipinski definition) is 3. The molecule has 0 unspecified atom stereocenters. The highest BCUT2D eigenvalue weighted by Crippen LogP contribution is 2.31. The molecule has 15 heavy (non-hydrogen) atoms. The van der Waals surface area contributed by atoms with E-state index in [1.54, 1.807) is 12.1 Å². The lowest BCUT2D eigenvalue weighted by Crippen LogP contribution is -2.26. The minimum Gasteiger partial charge on any atom is -0.493 e. The Labute approximate surface area is 87.0 Å². The molecule has 1 aromatic rings. The van der Waals surface area contributed by atoms with Crippen LogP contribution in [-0.2, 0) is 0 Å². The molecule has 0 aliphatic carbocycles. The summed E-state index contributed by atoms with van der Waals surface area (Å²) in [5.41, 5.74) is 11.5. The number of methoxy groups -OCH3 is 2. The van der Waals surface area contributed by atoms with Gasteiger partial charge < -0.3 is 15.2 Å². The molecule has 0 heterocycles. The lowest BCUT2D eigenvalue weighted by atomic mass is 10.1. The Hall–Kier alpha value is -2.11. The van der Waals surface area contributed by atoms with Crippen molar-refractivity contribution >= 4 is 11.5 Å². The van der Waals surface area contributed by atoms with Gasteiger partial charge in [0.2, 0.25) is 5.84 Å². The zero-order valence-corrected chi connectivity index (χ0v) is 8.57. The molecule has 0 amide bonds. The van der Waals surface area contributed by atoms with Gasteiger partial charge in [-0.1, -0.05) is 0 Å². The van der Waals surface area contributed by atoms with Crippen LogP contribution in [0.5, 0.6) is 11.5 Å². The van der Waals surface area contributed by atoms with Crippen LogP contribution in [0.15, 0.2) is 17.2 Å². The van der Waals surface area contributed by atoms with Gasteiger partial charge in [-0.3, -0.25) is 5.41 Å². The van der Waals surface area contributed by atoms with E-state index in [1.165, 1.54) is 14.2 Å². The molecule has 1 aromatic carbocycles. The normalized spacial score (nSPS) is 9.47. The molecule has 1 rings (SSSR count). The summed E-state index contributed by atoms with van der Waals surface area (Å²) in [7, 11) is 3.01. The Morgan fingerprint density at radius 2 is 1.87 bits per heavy atom. The van der Waals surface area contributed by atoms with Crippen LogP contribution in [0.1, 0.15) is 5.56 Å². The van der Waals surface area contributed by atoms with E-state index in [9.17, 15) is 0 Å². The zero-order chi connectivity index (χ0) is 11.4. The number of nitrogens with zero attached hydrogens (tertiary/aromatic N) is 1. The standard InChI is InChI=1S/C9H12N4O2/c1-14-7-3-5(9(11)13-12)6(10)4-8(7)15-2/h3-4,11-12H,10H2,1-2H3/p+1. The fourth-order valence-corrected chi connectivity index (χ4v) is 1.17. The third kappa shape index (κ3) is 2.04. The smallest absolute Gasteiger partial charge is 0.220 e. The lowest BCUT2D eigenvalue weighted by molar-refractivity contribution is -0.207. The SMILES string of the molecule is COc1cc(N)c(C(=N)N=[NH2+])cc1OC. The highest BCUT2D eigenvalue weighted by Gasteiger charge is 2.13. The van der Waals surface area contributed by atoms with Gasteiger partial charge in [-0.05, 0) is 6.07 Å². The monoisotopic (exact) mass is 209 g/mol. The lowest BCUT2D eigenvalue weighted by Gasteiger charge is -2.10. The molecule has 6 nitrogen and oxygen atoms in total. The minimum absolute atomic E-state index is 0.103. The van der Waals surface area contributed by atoms with Crippen molar-refractivity contribution in [2.45, 2.75) is 0 Å². The van der Waals surface area contributed by atoms with E-state index in [0.29, 0.717) is 22.7 Å². The average molecular weight is 209 g/mol. The van der Waals surface area contributed by atoms with Crippen LogP contribution in [0.3, 0.4) is 0 Å². The second-order valence-corrected chi connectivity index (χ2v) is 2.77. The maximum absolute atomic E-state index is 7.45. The first-order valence-corrected chi connectivity index (χ1v) is 4.15. The number of hydrogen-bond acceptors (Lipinski definition) is 4. The Morgan fingerprint density at radius 3 is 2.33 bits per heavy atom. The Kier molecular flexibility index (Phi) is 3.22. The number of nitrogens with one attached hydrogen (secondary N) is 1. The van der Waals surface area contributed by atoms with E-state index in [4.69, 9.17) is 26.1 Å². The fourth-order valence-electron chi connectivity index (χ4n) is 1.17. The van der Waals surface area contributed by atoms with Crippen LogP contribution in [0.25, 0.3) is 0 Å². The largest absolute Gasteiger partial charge is 0.493 e. The van der Waals surface area contributed by atoms with Gasteiger partial charge in [-0.15, -0.1) is 0 Å². The molecule has 0 bridgehead atoms. The van der Waals surface area contributed by atoms with E-state index >= 15 is 0 Å². The minimum atomic E-state index is -0.103. The molecule has 0 saturated carbocycles. The molecule has 0 radical (unpaired) electrons. The number of ether oxygens (including phenoxy) is 2. The summed E-state index contributed by atoms with van der Waals surface area (Å²) in [5.74, 6) is 0.882. The number of nitrogen functional groups attached to an aromatic ring is 1. The van der Waals surface area contributed by atoms with E-state index in [1.807, 2.05) is 0 Å². The van der Waals surface area contributed by atoms with Crippen molar-refractivity contribution in [3.8, 4) is 11.5 Å². The summed E-state index contributed by atoms with van der Waals surface area (Å²) < 4.78 is 10.1. The molecule has 0 spiro atoms. The van der Waals surface area contributed by atoms with Gasteiger partial charge in [0, 0.05) is 16.9 Å². The van der Waals surface area contributed by atoms with Crippen molar-refractivity contribution in [2.24, 2.45) is 5.11 Å². The highest BCUT2D eigenvalue weighted by atomic mass is 16.5. The predicted octanol–water partition coefficient (Wildman–Crippen LogP) is -0.177. The first-order chi connectivity index (χ1) is 7.13. The van der Waals surface area contributed by atoms with Crippen LogP contribution in [0.2, 0.25) is 0 Å². The molecular formula is C9H13N4O2+. The summed E-state index contributed by atoms with van der Waals surface area (Å²) in [6.45, 7) is 0.